The van der Waals surface area contributed by atoms with Crippen molar-refractivity contribution in [3.8, 4) is 5.69 Å². The zero-order valence-corrected chi connectivity index (χ0v) is 15.6. The molecule has 0 radical (unpaired) electrons. The molecule has 2 aliphatic rings. The third kappa shape index (κ3) is 2.67. The Hall–Kier alpha value is -3.10. The molecule has 0 aliphatic carbocycles. The first-order valence-corrected chi connectivity index (χ1v) is 9.57. The number of piperazine rings is 1. The van der Waals surface area contributed by atoms with Crippen molar-refractivity contribution >= 4 is 22.4 Å². The topological polar surface area (TPSA) is 78.7 Å². The van der Waals surface area contributed by atoms with Gasteiger partial charge in [0.2, 0.25) is 5.78 Å². The number of hydrogen-bond acceptors (Lipinski definition) is 6. The van der Waals surface area contributed by atoms with Crippen molar-refractivity contribution in [2.24, 2.45) is 0 Å². The Bertz CT molecular complexity index is 1200. The van der Waals surface area contributed by atoms with Crippen LogP contribution in [0.25, 0.3) is 16.6 Å². The number of β-amino-alcohol motifs (C(OH)–C–C–N with tert-alkyl or cyclic N) is 1. The zero-order chi connectivity index (χ0) is 20.1. The van der Waals surface area contributed by atoms with Crippen LogP contribution in [0.5, 0.6) is 0 Å². The van der Waals surface area contributed by atoms with E-state index >= 15 is 0 Å². The van der Waals surface area contributed by atoms with Gasteiger partial charge in [-0.3, -0.25) is 19.1 Å². The highest BCUT2D eigenvalue weighted by Gasteiger charge is 2.36. The minimum absolute atomic E-state index is 0.0227. The van der Waals surface area contributed by atoms with E-state index in [1.807, 2.05) is 4.90 Å². The van der Waals surface area contributed by atoms with E-state index in [2.05, 4.69) is 9.88 Å². The second kappa shape index (κ2) is 6.75. The Kier molecular flexibility index (Phi) is 4.18. The SMILES string of the molecule is O=C1c2c(ccc(F)c2N2CCN(CCO)CC2)-n2c1nc1ccccc1c2=O. The van der Waals surface area contributed by atoms with E-state index in [1.54, 1.807) is 24.3 Å². The zero-order valence-electron chi connectivity index (χ0n) is 15.6. The van der Waals surface area contributed by atoms with Crippen molar-refractivity contribution in [3.05, 3.63) is 64.0 Å². The van der Waals surface area contributed by atoms with E-state index in [9.17, 15) is 14.0 Å². The van der Waals surface area contributed by atoms with Crippen LogP contribution in [0, 0.1) is 5.82 Å². The number of halogens is 1. The molecule has 0 spiro atoms. The number of aliphatic hydroxyl groups excluding tert-OH is 1. The number of aliphatic hydroxyl groups is 1. The van der Waals surface area contributed by atoms with Gasteiger partial charge < -0.3 is 10.0 Å². The van der Waals surface area contributed by atoms with Gasteiger partial charge in [-0.1, -0.05) is 12.1 Å². The molecular formula is C21H19FN4O3. The number of carbonyl (C=O) groups excluding carboxylic acids is 1. The molecule has 148 valence electrons. The van der Waals surface area contributed by atoms with Crippen molar-refractivity contribution in [2.45, 2.75) is 0 Å². The fraction of sp³-hybridized carbons (Fsp3) is 0.286. The molecule has 2 aliphatic heterocycles. The predicted octanol–water partition coefficient (Wildman–Crippen LogP) is 1.18. The molecule has 1 N–H and O–H groups in total. The summed E-state index contributed by atoms with van der Waals surface area (Å²) in [6.07, 6.45) is 0. The summed E-state index contributed by atoms with van der Waals surface area (Å²) in [5.41, 5.74) is 0.917. The summed E-state index contributed by atoms with van der Waals surface area (Å²) in [6.45, 7) is 3.02. The number of benzene rings is 2. The number of nitrogens with zero attached hydrogens (tertiary/aromatic N) is 4. The number of fused-ring (bicyclic) bond motifs is 4. The summed E-state index contributed by atoms with van der Waals surface area (Å²) in [7, 11) is 0. The Morgan fingerprint density at radius 3 is 2.55 bits per heavy atom. The summed E-state index contributed by atoms with van der Waals surface area (Å²) in [6, 6.07) is 9.65. The second-order valence-corrected chi connectivity index (χ2v) is 7.26. The fourth-order valence-corrected chi connectivity index (χ4v) is 4.23. The monoisotopic (exact) mass is 394 g/mol. The van der Waals surface area contributed by atoms with E-state index in [-0.39, 0.29) is 29.2 Å². The summed E-state index contributed by atoms with van der Waals surface area (Å²) < 4.78 is 16.2. The minimum atomic E-state index is -0.488. The number of anilines is 1. The average molecular weight is 394 g/mol. The van der Waals surface area contributed by atoms with Crippen LogP contribution >= 0.6 is 0 Å². The first-order valence-electron chi connectivity index (χ1n) is 9.57. The Labute approximate surface area is 165 Å². The van der Waals surface area contributed by atoms with E-state index in [0.29, 0.717) is 49.3 Å². The summed E-state index contributed by atoms with van der Waals surface area (Å²) in [4.78, 5) is 34.6. The van der Waals surface area contributed by atoms with Crippen LogP contribution in [0.2, 0.25) is 0 Å². The summed E-state index contributed by atoms with van der Waals surface area (Å²) in [5.74, 6) is -0.900. The number of rotatable bonds is 3. The van der Waals surface area contributed by atoms with Gasteiger partial charge in [0.25, 0.3) is 5.56 Å². The van der Waals surface area contributed by atoms with Crippen LogP contribution in [-0.4, -0.2) is 64.7 Å². The van der Waals surface area contributed by atoms with Gasteiger partial charge >= 0.3 is 0 Å². The highest BCUT2D eigenvalue weighted by molar-refractivity contribution is 6.17. The third-order valence-electron chi connectivity index (χ3n) is 5.66. The minimum Gasteiger partial charge on any atom is -0.395 e. The Morgan fingerprint density at radius 1 is 1.03 bits per heavy atom. The van der Waals surface area contributed by atoms with Crippen molar-refractivity contribution < 1.29 is 14.3 Å². The van der Waals surface area contributed by atoms with Crippen LogP contribution < -0.4 is 10.5 Å². The maximum absolute atomic E-state index is 14.9. The molecule has 1 saturated heterocycles. The molecule has 0 unspecified atom stereocenters. The molecule has 2 aromatic carbocycles. The van der Waals surface area contributed by atoms with Gasteiger partial charge in [0.05, 0.1) is 34.4 Å². The Morgan fingerprint density at radius 2 is 1.79 bits per heavy atom. The smallest absolute Gasteiger partial charge is 0.266 e. The number of para-hydroxylation sites is 1. The maximum atomic E-state index is 14.9. The quantitative estimate of drug-likeness (QED) is 0.562. The fourth-order valence-electron chi connectivity index (χ4n) is 4.23. The second-order valence-electron chi connectivity index (χ2n) is 7.26. The number of hydrogen-bond donors (Lipinski definition) is 1. The van der Waals surface area contributed by atoms with E-state index < -0.39 is 11.6 Å². The van der Waals surface area contributed by atoms with Gasteiger partial charge in [0, 0.05) is 32.7 Å². The lowest BCUT2D eigenvalue weighted by molar-refractivity contribution is 0.103. The summed E-state index contributed by atoms with van der Waals surface area (Å²) >= 11 is 0. The first-order chi connectivity index (χ1) is 14.1. The number of carbonyl (C=O) groups is 1. The molecule has 5 rings (SSSR count). The van der Waals surface area contributed by atoms with Gasteiger partial charge in [-0.15, -0.1) is 0 Å². The molecule has 7 nitrogen and oxygen atoms in total. The van der Waals surface area contributed by atoms with Gasteiger partial charge in [0.1, 0.15) is 5.82 Å². The molecule has 1 aromatic heterocycles. The number of ketones is 1. The molecular weight excluding hydrogens is 375 g/mol. The molecule has 1 fully saturated rings. The van der Waals surface area contributed by atoms with Crippen molar-refractivity contribution in [1.82, 2.24) is 14.5 Å². The van der Waals surface area contributed by atoms with Gasteiger partial charge in [-0.25, -0.2) is 9.37 Å². The van der Waals surface area contributed by atoms with Crippen LogP contribution in [0.1, 0.15) is 16.2 Å². The van der Waals surface area contributed by atoms with Crippen LogP contribution in [0.15, 0.2) is 41.2 Å². The molecule has 8 heteroatoms. The van der Waals surface area contributed by atoms with Crippen LogP contribution in [0.4, 0.5) is 10.1 Å². The van der Waals surface area contributed by atoms with Crippen molar-refractivity contribution in [1.29, 1.82) is 0 Å². The van der Waals surface area contributed by atoms with Gasteiger partial charge in [-0.05, 0) is 24.3 Å². The molecule has 3 heterocycles. The van der Waals surface area contributed by atoms with Crippen LogP contribution in [0.3, 0.4) is 0 Å². The first kappa shape index (κ1) is 18.0. The van der Waals surface area contributed by atoms with Gasteiger partial charge in [-0.2, -0.15) is 0 Å². The molecule has 29 heavy (non-hydrogen) atoms. The van der Waals surface area contributed by atoms with E-state index in [0.717, 1.165) is 0 Å². The molecule has 3 aromatic rings. The van der Waals surface area contributed by atoms with Crippen LogP contribution in [-0.2, 0) is 0 Å². The average Bonchev–Trinajstić information content (AvgIpc) is 3.02. The standard InChI is InChI=1S/C21H19FN4O3/c22-14-5-6-16-17(18(14)25-9-7-24(8-10-25)11-12-27)19(28)20-23-15-4-2-1-3-13(15)21(29)26(16)20/h1-6,27H,7-12H2. The summed E-state index contributed by atoms with van der Waals surface area (Å²) in [5, 5.41) is 9.53. The van der Waals surface area contributed by atoms with E-state index in [4.69, 9.17) is 5.11 Å². The predicted molar refractivity (Wildman–Crippen MR) is 106 cm³/mol. The van der Waals surface area contributed by atoms with Crippen molar-refractivity contribution in [3.63, 3.8) is 0 Å². The highest BCUT2D eigenvalue weighted by Crippen LogP contribution is 2.36. The van der Waals surface area contributed by atoms with E-state index in [1.165, 1.54) is 16.7 Å². The molecule has 0 bridgehead atoms. The largest absolute Gasteiger partial charge is 0.395 e. The lowest BCUT2D eigenvalue weighted by Gasteiger charge is -2.36. The Balaban J connectivity index is 1.65. The van der Waals surface area contributed by atoms with Crippen molar-refractivity contribution in [2.75, 3.05) is 44.2 Å². The molecule has 0 saturated carbocycles. The highest BCUT2D eigenvalue weighted by atomic mass is 19.1. The normalized spacial score (nSPS) is 16.3. The van der Waals surface area contributed by atoms with Gasteiger partial charge in [0.15, 0.2) is 5.82 Å². The molecule has 0 amide bonds. The lowest BCUT2D eigenvalue weighted by atomic mass is 10.1. The number of aromatic nitrogens is 2. The molecule has 0 atom stereocenters. The lowest BCUT2D eigenvalue weighted by Crippen LogP contribution is -2.47. The maximum Gasteiger partial charge on any atom is 0.266 e. The third-order valence-corrected chi connectivity index (χ3v) is 5.66.